The van der Waals surface area contributed by atoms with Gasteiger partial charge in [0, 0.05) is 0 Å². The summed E-state index contributed by atoms with van der Waals surface area (Å²) in [5.74, 6) is 3.48. The minimum atomic E-state index is -1.80. The number of fused-ring (bicyclic) bond motifs is 5. The van der Waals surface area contributed by atoms with Gasteiger partial charge < -0.3 is 8.85 Å². The lowest BCUT2D eigenvalue weighted by atomic mass is 9.55. The van der Waals surface area contributed by atoms with Crippen LogP contribution in [0.3, 0.4) is 0 Å². The molecule has 2 saturated carbocycles. The van der Waals surface area contributed by atoms with Crippen molar-refractivity contribution in [2.45, 2.75) is 135 Å². The molecule has 1 aromatic rings. The number of aryl methyl sites for hydroxylation is 1. The van der Waals surface area contributed by atoms with E-state index in [9.17, 15) is 0 Å². The van der Waals surface area contributed by atoms with E-state index in [1.165, 1.54) is 38.5 Å². The van der Waals surface area contributed by atoms with Gasteiger partial charge in [0.25, 0.3) is 0 Å². The first-order chi connectivity index (χ1) is 15.5. The van der Waals surface area contributed by atoms with E-state index in [-0.39, 0.29) is 10.1 Å². The summed E-state index contributed by atoms with van der Waals surface area (Å²) in [7, 11) is -3.55. The summed E-state index contributed by atoms with van der Waals surface area (Å²) in [4.78, 5) is 0. The molecule has 0 spiro atoms. The van der Waals surface area contributed by atoms with Crippen molar-refractivity contribution in [3.63, 3.8) is 0 Å². The van der Waals surface area contributed by atoms with Crippen molar-refractivity contribution in [3.05, 3.63) is 29.3 Å². The molecule has 192 valence electrons. The first-order valence-electron chi connectivity index (χ1n) is 14.0. The Labute approximate surface area is 212 Å². The van der Waals surface area contributed by atoms with Gasteiger partial charge in [-0.15, -0.1) is 0 Å². The molecular formula is C30H52O2Si2. The van der Waals surface area contributed by atoms with Crippen LogP contribution in [0.2, 0.25) is 36.3 Å². The van der Waals surface area contributed by atoms with Crippen molar-refractivity contribution in [1.29, 1.82) is 0 Å². The lowest BCUT2D eigenvalue weighted by molar-refractivity contribution is -0.0164. The molecule has 5 atom stereocenters. The molecule has 2 nitrogen and oxygen atoms in total. The molecule has 2 fully saturated rings. The largest absolute Gasteiger partial charge is 0.543 e. The monoisotopic (exact) mass is 500 g/mol. The molecule has 4 heteroatoms. The second-order valence-corrected chi connectivity index (χ2v) is 24.6. The number of hydrogen-bond donors (Lipinski definition) is 0. The highest BCUT2D eigenvalue weighted by molar-refractivity contribution is 6.75. The Morgan fingerprint density at radius 2 is 1.50 bits per heavy atom. The highest BCUT2D eigenvalue weighted by Gasteiger charge is 2.57. The van der Waals surface area contributed by atoms with Crippen LogP contribution in [0.4, 0.5) is 0 Å². The fourth-order valence-electron chi connectivity index (χ4n) is 6.75. The molecule has 0 heterocycles. The van der Waals surface area contributed by atoms with Gasteiger partial charge in [-0.05, 0) is 121 Å². The van der Waals surface area contributed by atoms with E-state index >= 15 is 0 Å². The Bertz CT molecular complexity index is 907. The Morgan fingerprint density at radius 3 is 2.12 bits per heavy atom. The molecule has 34 heavy (non-hydrogen) atoms. The molecule has 0 aromatic heterocycles. The molecule has 0 bridgehead atoms. The van der Waals surface area contributed by atoms with Crippen LogP contribution in [0, 0.1) is 17.3 Å². The molecule has 0 radical (unpaired) electrons. The first-order valence-corrected chi connectivity index (χ1v) is 19.8. The molecule has 3 aliphatic rings. The Kier molecular flexibility index (Phi) is 6.60. The van der Waals surface area contributed by atoms with Crippen LogP contribution in [0.5, 0.6) is 5.75 Å². The molecule has 0 aliphatic heterocycles. The van der Waals surface area contributed by atoms with Crippen molar-refractivity contribution in [1.82, 2.24) is 0 Å². The lowest BCUT2D eigenvalue weighted by Gasteiger charge is -2.52. The smallest absolute Gasteiger partial charge is 0.250 e. The summed E-state index contributed by atoms with van der Waals surface area (Å²) in [6, 6.07) is 7.13. The van der Waals surface area contributed by atoms with Crippen LogP contribution in [0.15, 0.2) is 18.2 Å². The third-order valence-corrected chi connectivity index (χ3v) is 19.9. The molecular weight excluding hydrogens is 449 g/mol. The Morgan fingerprint density at radius 1 is 0.853 bits per heavy atom. The van der Waals surface area contributed by atoms with Gasteiger partial charge >= 0.3 is 0 Å². The highest BCUT2D eigenvalue weighted by atomic mass is 28.4. The summed E-state index contributed by atoms with van der Waals surface area (Å²) >= 11 is 0. The average molecular weight is 501 g/mol. The quantitative estimate of drug-likeness (QED) is 0.383. The van der Waals surface area contributed by atoms with Gasteiger partial charge in [-0.3, -0.25) is 0 Å². The zero-order chi connectivity index (χ0) is 25.3. The van der Waals surface area contributed by atoms with Gasteiger partial charge in [-0.1, -0.05) is 54.5 Å². The normalized spacial score (nSPS) is 32.1. The summed E-state index contributed by atoms with van der Waals surface area (Å²) in [5.41, 5.74) is 3.56. The Hall–Kier alpha value is -0.586. The number of benzene rings is 1. The Balaban J connectivity index is 1.53. The van der Waals surface area contributed by atoms with Gasteiger partial charge in [-0.25, -0.2) is 0 Å². The van der Waals surface area contributed by atoms with Crippen molar-refractivity contribution in [2.24, 2.45) is 17.3 Å². The van der Waals surface area contributed by atoms with E-state index in [4.69, 9.17) is 8.85 Å². The van der Waals surface area contributed by atoms with Crippen LogP contribution < -0.4 is 4.43 Å². The average Bonchev–Trinajstić information content (AvgIpc) is 3.01. The van der Waals surface area contributed by atoms with E-state index in [2.05, 4.69) is 92.9 Å². The van der Waals surface area contributed by atoms with Crippen molar-refractivity contribution >= 4 is 16.6 Å². The zero-order valence-corrected chi connectivity index (χ0v) is 26.1. The minimum absolute atomic E-state index is 0.229. The minimum Gasteiger partial charge on any atom is -0.543 e. The topological polar surface area (TPSA) is 18.5 Å². The highest BCUT2D eigenvalue weighted by Crippen LogP contribution is 2.62. The van der Waals surface area contributed by atoms with Crippen LogP contribution >= 0.6 is 0 Å². The molecule has 1 aromatic carbocycles. The van der Waals surface area contributed by atoms with Gasteiger partial charge in [0.15, 0.2) is 8.32 Å². The van der Waals surface area contributed by atoms with Crippen LogP contribution in [0.25, 0.3) is 0 Å². The maximum Gasteiger partial charge on any atom is 0.250 e. The number of hydrogen-bond acceptors (Lipinski definition) is 2. The van der Waals surface area contributed by atoms with Gasteiger partial charge in [0.05, 0.1) is 6.10 Å². The van der Waals surface area contributed by atoms with E-state index in [0.29, 0.717) is 11.5 Å². The fourth-order valence-corrected chi connectivity index (χ4v) is 9.22. The maximum atomic E-state index is 7.10. The molecule has 0 saturated heterocycles. The fraction of sp³-hybridized carbons (Fsp3) is 0.800. The third kappa shape index (κ3) is 4.49. The van der Waals surface area contributed by atoms with E-state index in [1.54, 1.807) is 11.1 Å². The molecule has 4 rings (SSSR count). The second kappa shape index (κ2) is 8.48. The van der Waals surface area contributed by atoms with Crippen LogP contribution in [-0.2, 0) is 10.8 Å². The summed E-state index contributed by atoms with van der Waals surface area (Å²) in [6.07, 6.45) is 8.28. The van der Waals surface area contributed by atoms with E-state index in [0.717, 1.165) is 23.5 Å². The van der Waals surface area contributed by atoms with Crippen molar-refractivity contribution in [3.8, 4) is 5.75 Å². The molecule has 0 amide bonds. The van der Waals surface area contributed by atoms with Crippen LogP contribution in [0.1, 0.15) is 97.6 Å². The number of rotatable bonds is 4. The van der Waals surface area contributed by atoms with Crippen LogP contribution in [-0.4, -0.2) is 22.7 Å². The van der Waals surface area contributed by atoms with Crippen molar-refractivity contribution in [2.75, 3.05) is 0 Å². The second-order valence-electron chi connectivity index (χ2n) is 15.1. The standard InChI is InChI=1S/C30H52O2Si2/c1-28(2,3)33(8,9)31-22-13-15-23-21(20-22)12-14-25-24(23)18-19-30(7)26(25)16-17-27(30)32-34(10,11)29(4,5)6/h13,15,20,24-27H,12,14,16-19H2,1-11H3/t24-,25-,26+,27+,30+/m1/s1. The first kappa shape index (κ1) is 26.5. The summed E-state index contributed by atoms with van der Waals surface area (Å²) in [5, 5.41) is 0.514. The lowest BCUT2D eigenvalue weighted by Crippen LogP contribution is -2.50. The van der Waals surface area contributed by atoms with Gasteiger partial charge in [0.1, 0.15) is 5.75 Å². The zero-order valence-electron chi connectivity index (χ0n) is 24.1. The summed E-state index contributed by atoms with van der Waals surface area (Å²) in [6.45, 7) is 26.3. The summed E-state index contributed by atoms with van der Waals surface area (Å²) < 4.78 is 13.8. The molecule has 0 unspecified atom stereocenters. The van der Waals surface area contributed by atoms with E-state index in [1.807, 2.05) is 0 Å². The van der Waals surface area contributed by atoms with Gasteiger partial charge in [0.2, 0.25) is 8.32 Å². The van der Waals surface area contributed by atoms with Crippen molar-refractivity contribution < 1.29 is 8.85 Å². The SMILES string of the molecule is CC(C)(C)[Si](C)(C)Oc1ccc2c(c1)CC[C@@H]1[C@@H]2CC[C@]2(C)[C@@H](O[Si](C)(C)C(C)(C)C)CC[C@@H]12. The maximum absolute atomic E-state index is 7.10. The molecule has 3 aliphatic carbocycles. The van der Waals surface area contributed by atoms with E-state index < -0.39 is 16.6 Å². The predicted molar refractivity (Wildman–Crippen MR) is 151 cm³/mol. The van der Waals surface area contributed by atoms with Gasteiger partial charge in [-0.2, -0.15) is 0 Å². The predicted octanol–water partition coefficient (Wildman–Crippen LogP) is 9.32. The molecule has 0 N–H and O–H groups in total. The third-order valence-electron chi connectivity index (χ3n) is 11.0.